The molecular weight excluding hydrogens is 196 g/mol. The Morgan fingerprint density at radius 3 is 2.31 bits per heavy atom. The van der Waals surface area contributed by atoms with E-state index in [9.17, 15) is 0 Å². The first-order valence-corrected chi connectivity index (χ1v) is 7.13. The van der Waals surface area contributed by atoms with E-state index in [1.54, 1.807) is 0 Å². The lowest BCUT2D eigenvalue weighted by atomic mass is 9.81. The Morgan fingerprint density at radius 2 is 1.81 bits per heavy atom. The molecule has 2 unspecified atom stereocenters. The summed E-state index contributed by atoms with van der Waals surface area (Å²) in [5, 5.41) is 3.49. The minimum atomic E-state index is 0.783. The van der Waals surface area contributed by atoms with Crippen LogP contribution in [0, 0.1) is 5.92 Å². The maximum Gasteiger partial charge on any atom is 0.0113 e. The largest absolute Gasteiger partial charge is 0.317 e. The van der Waals surface area contributed by atoms with Gasteiger partial charge in [0.25, 0.3) is 0 Å². The van der Waals surface area contributed by atoms with Gasteiger partial charge >= 0.3 is 0 Å². The van der Waals surface area contributed by atoms with Crippen molar-refractivity contribution in [1.82, 2.24) is 10.2 Å². The number of nitrogens with zero attached hydrogens (tertiary/aromatic N) is 1. The van der Waals surface area contributed by atoms with Crippen molar-refractivity contribution in [2.75, 3.05) is 13.6 Å². The van der Waals surface area contributed by atoms with Crippen LogP contribution in [0.25, 0.3) is 0 Å². The van der Waals surface area contributed by atoms with Crippen LogP contribution in [0.3, 0.4) is 0 Å². The second-order valence-corrected chi connectivity index (χ2v) is 6.12. The lowest BCUT2D eigenvalue weighted by molar-refractivity contribution is 0.0227. The van der Waals surface area contributed by atoms with Crippen molar-refractivity contribution in [2.45, 2.75) is 70.5 Å². The molecule has 0 aromatic rings. The monoisotopic (exact) mass is 224 g/mol. The molecule has 0 saturated carbocycles. The second kappa shape index (κ2) is 5.50. The third-order valence-electron chi connectivity index (χ3n) is 4.50. The zero-order valence-electron chi connectivity index (χ0n) is 11.2. The van der Waals surface area contributed by atoms with Gasteiger partial charge in [0, 0.05) is 18.1 Å². The third kappa shape index (κ3) is 2.78. The number of nitrogens with one attached hydrogen (secondary N) is 1. The van der Waals surface area contributed by atoms with Gasteiger partial charge < -0.3 is 5.32 Å². The second-order valence-electron chi connectivity index (χ2n) is 6.12. The van der Waals surface area contributed by atoms with Gasteiger partial charge in [-0.1, -0.05) is 20.3 Å². The van der Waals surface area contributed by atoms with Crippen molar-refractivity contribution in [1.29, 1.82) is 0 Å². The molecule has 2 heterocycles. The van der Waals surface area contributed by atoms with Crippen LogP contribution >= 0.6 is 0 Å². The molecule has 1 N–H and O–H groups in total. The van der Waals surface area contributed by atoms with Crippen molar-refractivity contribution in [3.05, 3.63) is 0 Å². The molecule has 2 fully saturated rings. The summed E-state index contributed by atoms with van der Waals surface area (Å²) in [7, 11) is 2.13. The van der Waals surface area contributed by atoms with E-state index < -0.39 is 0 Å². The maximum atomic E-state index is 3.49. The van der Waals surface area contributed by atoms with Crippen LogP contribution in [0.1, 0.15) is 52.4 Å². The summed E-state index contributed by atoms with van der Waals surface area (Å²) < 4.78 is 0. The Bertz CT molecular complexity index is 201. The molecule has 0 aromatic heterocycles. The van der Waals surface area contributed by atoms with Gasteiger partial charge in [0.1, 0.15) is 0 Å². The number of piperidine rings is 2. The van der Waals surface area contributed by atoms with E-state index >= 15 is 0 Å². The average molecular weight is 224 g/mol. The van der Waals surface area contributed by atoms with E-state index in [1.165, 1.54) is 45.1 Å². The summed E-state index contributed by atoms with van der Waals surface area (Å²) in [5.41, 5.74) is 0. The van der Waals surface area contributed by atoms with Gasteiger partial charge in [-0.15, -0.1) is 0 Å². The van der Waals surface area contributed by atoms with Gasteiger partial charge in [0.05, 0.1) is 0 Å². The summed E-state index contributed by atoms with van der Waals surface area (Å²) in [6.45, 7) is 6.02. The summed E-state index contributed by atoms with van der Waals surface area (Å²) in [5.74, 6) is 0.850. The highest BCUT2D eigenvalue weighted by atomic mass is 15.2. The molecule has 2 atom stereocenters. The molecule has 94 valence electrons. The molecular formula is C14H28N2. The molecule has 2 aliphatic rings. The molecule has 2 bridgehead atoms. The van der Waals surface area contributed by atoms with Crippen LogP contribution in [0.4, 0.5) is 0 Å². The molecule has 2 heteroatoms. The summed E-state index contributed by atoms with van der Waals surface area (Å²) >= 11 is 0. The van der Waals surface area contributed by atoms with Crippen molar-refractivity contribution in [3.63, 3.8) is 0 Å². The molecule has 0 radical (unpaired) electrons. The zero-order valence-corrected chi connectivity index (χ0v) is 11.2. The van der Waals surface area contributed by atoms with E-state index in [2.05, 4.69) is 31.1 Å². The lowest BCUT2D eigenvalue weighted by Gasteiger charge is -2.49. The summed E-state index contributed by atoms with van der Waals surface area (Å²) in [4.78, 5) is 2.83. The highest BCUT2D eigenvalue weighted by molar-refractivity contribution is 4.94. The van der Waals surface area contributed by atoms with Gasteiger partial charge in [0.15, 0.2) is 0 Å². The molecule has 2 saturated heterocycles. The molecule has 0 spiro atoms. The first kappa shape index (κ1) is 12.4. The normalized spacial score (nSPS) is 35.6. The fraction of sp³-hybridized carbons (Fsp3) is 1.00. The first-order chi connectivity index (χ1) is 7.70. The van der Waals surface area contributed by atoms with Gasteiger partial charge in [-0.25, -0.2) is 0 Å². The third-order valence-corrected chi connectivity index (χ3v) is 4.50. The topological polar surface area (TPSA) is 15.3 Å². The first-order valence-electron chi connectivity index (χ1n) is 7.13. The Hall–Kier alpha value is -0.0800. The van der Waals surface area contributed by atoms with E-state index in [4.69, 9.17) is 0 Å². The van der Waals surface area contributed by atoms with Crippen LogP contribution in [0.2, 0.25) is 0 Å². The highest BCUT2D eigenvalue weighted by Gasteiger charge is 2.37. The number of hydrogen-bond acceptors (Lipinski definition) is 2. The Labute approximate surface area is 101 Å². The molecule has 0 aliphatic carbocycles. The van der Waals surface area contributed by atoms with E-state index in [0.717, 1.165) is 24.0 Å². The SMILES string of the molecule is CNC1CC2CCCC(C1)N2CCC(C)C. The molecule has 2 rings (SSSR count). The molecule has 2 aliphatic heterocycles. The molecule has 16 heavy (non-hydrogen) atoms. The van der Waals surface area contributed by atoms with Gasteiger partial charge in [-0.3, -0.25) is 4.90 Å². The Balaban J connectivity index is 1.92. The van der Waals surface area contributed by atoms with Crippen LogP contribution < -0.4 is 5.32 Å². The molecule has 0 aromatic carbocycles. The van der Waals surface area contributed by atoms with Crippen molar-refractivity contribution < 1.29 is 0 Å². The van der Waals surface area contributed by atoms with Crippen LogP contribution in [0.5, 0.6) is 0 Å². The Morgan fingerprint density at radius 1 is 1.19 bits per heavy atom. The predicted molar refractivity (Wildman–Crippen MR) is 69.7 cm³/mol. The summed E-state index contributed by atoms with van der Waals surface area (Å²) in [6.07, 6.45) is 8.47. The predicted octanol–water partition coefficient (Wildman–Crippen LogP) is 2.64. The standard InChI is InChI=1S/C14H28N2/c1-11(2)7-8-16-13-5-4-6-14(16)10-12(9-13)15-3/h11-15H,4-10H2,1-3H3. The van der Waals surface area contributed by atoms with Crippen LogP contribution in [0.15, 0.2) is 0 Å². The lowest BCUT2D eigenvalue weighted by Crippen LogP contribution is -2.56. The van der Waals surface area contributed by atoms with Gasteiger partial charge in [-0.05, 0) is 51.6 Å². The molecule has 0 amide bonds. The average Bonchev–Trinajstić information content (AvgIpc) is 2.24. The van der Waals surface area contributed by atoms with E-state index in [1.807, 2.05) is 0 Å². The van der Waals surface area contributed by atoms with Crippen molar-refractivity contribution in [3.8, 4) is 0 Å². The van der Waals surface area contributed by atoms with Crippen molar-refractivity contribution in [2.24, 2.45) is 5.92 Å². The Kier molecular flexibility index (Phi) is 4.26. The number of rotatable bonds is 4. The molecule has 2 nitrogen and oxygen atoms in total. The number of hydrogen-bond donors (Lipinski definition) is 1. The summed E-state index contributed by atoms with van der Waals surface area (Å²) in [6, 6.07) is 2.54. The van der Waals surface area contributed by atoms with Crippen molar-refractivity contribution >= 4 is 0 Å². The van der Waals surface area contributed by atoms with Gasteiger partial charge in [-0.2, -0.15) is 0 Å². The fourth-order valence-corrected chi connectivity index (χ4v) is 3.49. The van der Waals surface area contributed by atoms with Crippen LogP contribution in [-0.2, 0) is 0 Å². The fourth-order valence-electron chi connectivity index (χ4n) is 3.49. The minimum absolute atomic E-state index is 0.783. The quantitative estimate of drug-likeness (QED) is 0.790. The number of fused-ring (bicyclic) bond motifs is 2. The van der Waals surface area contributed by atoms with Gasteiger partial charge in [0.2, 0.25) is 0 Å². The maximum absolute atomic E-state index is 3.49. The highest BCUT2D eigenvalue weighted by Crippen LogP contribution is 2.34. The minimum Gasteiger partial charge on any atom is -0.317 e. The van der Waals surface area contributed by atoms with E-state index in [-0.39, 0.29) is 0 Å². The van der Waals surface area contributed by atoms with E-state index in [0.29, 0.717) is 0 Å². The zero-order chi connectivity index (χ0) is 11.5. The smallest absolute Gasteiger partial charge is 0.0113 e. The van der Waals surface area contributed by atoms with Crippen LogP contribution in [-0.4, -0.2) is 36.6 Å².